The van der Waals surface area contributed by atoms with E-state index in [1.165, 1.54) is 31.4 Å². The molecule has 0 spiro atoms. The molecule has 0 heterocycles. The van der Waals surface area contributed by atoms with Gasteiger partial charge < -0.3 is 9.63 Å². The van der Waals surface area contributed by atoms with E-state index in [1.54, 1.807) is 0 Å². The van der Waals surface area contributed by atoms with Crippen LogP contribution in [0.5, 0.6) is 0 Å². The smallest absolute Gasteiger partial charge is 0.305 e. The average Bonchev–Trinajstić information content (AvgIpc) is 2.35. The Morgan fingerprint density at radius 2 is 1.84 bits per heavy atom. The predicted octanol–water partition coefficient (Wildman–Crippen LogP) is 3.75. The van der Waals surface area contributed by atoms with Crippen molar-refractivity contribution < 1.29 is 18.6 Å². The lowest BCUT2D eigenvalue weighted by Gasteiger charge is -2.18. The molecule has 104 valence electrons. The Morgan fingerprint density at radius 3 is 2.26 bits per heavy atom. The van der Waals surface area contributed by atoms with Crippen molar-refractivity contribution in [2.75, 3.05) is 7.11 Å². The highest BCUT2D eigenvalue weighted by Crippen LogP contribution is 2.57. The van der Waals surface area contributed by atoms with E-state index in [0.717, 1.165) is 0 Å². The molecule has 1 N–H and O–H groups in total. The summed E-state index contributed by atoms with van der Waals surface area (Å²) in [6.45, 7) is 5.60. The molecule has 5 heteroatoms. The Labute approximate surface area is 113 Å². The summed E-state index contributed by atoms with van der Waals surface area (Å²) >= 11 is 0. The molecule has 0 bridgehead atoms. The van der Waals surface area contributed by atoms with Crippen LogP contribution in [0, 0.1) is 22.8 Å². The number of rotatable bonds is 3. The largest absolute Gasteiger partial charge is 0.377 e. The van der Waals surface area contributed by atoms with Gasteiger partial charge in [0.1, 0.15) is 5.82 Å². The zero-order chi connectivity index (χ0) is 14.7. The van der Waals surface area contributed by atoms with E-state index in [0.29, 0.717) is 5.56 Å². The summed E-state index contributed by atoms with van der Waals surface area (Å²) in [6.07, 6.45) is 0. The fourth-order valence-electron chi connectivity index (χ4n) is 1.28. The van der Waals surface area contributed by atoms with Crippen molar-refractivity contribution in [2.24, 2.45) is 5.41 Å². The van der Waals surface area contributed by atoms with Gasteiger partial charge in [0.25, 0.3) is 0 Å². The number of hydrogen-bond donors (Lipinski definition) is 1. The Bertz CT molecular complexity index is 535. The molecule has 0 aliphatic rings. The topological polar surface area (TPSA) is 46.5 Å². The quantitative estimate of drug-likeness (QED) is 0.679. The summed E-state index contributed by atoms with van der Waals surface area (Å²) in [5.74, 6) is 0.995. The second kappa shape index (κ2) is 5.88. The summed E-state index contributed by atoms with van der Waals surface area (Å²) < 4.78 is 30.2. The zero-order valence-electron chi connectivity index (χ0n) is 11.5. The van der Waals surface area contributed by atoms with Crippen LogP contribution in [-0.2, 0) is 9.09 Å². The minimum atomic E-state index is -3.55. The molecule has 0 aromatic heterocycles. The first-order valence-corrected chi connectivity index (χ1v) is 7.51. The SMILES string of the molecule is COP(=O)(C#CC(C)(C)C)C(O)c1ccc(F)cc1. The molecule has 0 aliphatic carbocycles. The lowest BCUT2D eigenvalue weighted by Crippen LogP contribution is -2.03. The molecule has 2 atom stereocenters. The molecular formula is C14H18FO3P. The minimum Gasteiger partial charge on any atom is -0.377 e. The molecule has 0 saturated heterocycles. The van der Waals surface area contributed by atoms with Crippen LogP contribution < -0.4 is 0 Å². The summed E-state index contributed by atoms with van der Waals surface area (Å²) in [5, 5.41) is 10.1. The van der Waals surface area contributed by atoms with E-state index in [4.69, 9.17) is 4.52 Å². The fourth-order valence-corrected chi connectivity index (χ4v) is 2.75. The lowest BCUT2D eigenvalue weighted by atomic mass is 9.99. The molecule has 0 radical (unpaired) electrons. The van der Waals surface area contributed by atoms with Crippen molar-refractivity contribution >= 4 is 7.37 Å². The molecule has 1 rings (SSSR count). The maximum absolute atomic E-state index is 12.8. The standard InChI is InChI=1S/C14H18FO3P/c1-14(2,3)9-10-19(17,18-4)13(16)11-5-7-12(15)8-6-11/h5-8,13,16H,1-4H3. The van der Waals surface area contributed by atoms with Gasteiger partial charge in [-0.1, -0.05) is 18.1 Å². The molecule has 19 heavy (non-hydrogen) atoms. The Kier molecular flexibility index (Phi) is 4.92. The van der Waals surface area contributed by atoms with Crippen molar-refractivity contribution in [2.45, 2.75) is 26.6 Å². The third kappa shape index (κ3) is 4.47. The van der Waals surface area contributed by atoms with Gasteiger partial charge in [0.2, 0.25) is 0 Å². The molecule has 0 fully saturated rings. The van der Waals surface area contributed by atoms with Gasteiger partial charge >= 0.3 is 7.37 Å². The summed E-state index contributed by atoms with van der Waals surface area (Å²) in [7, 11) is -2.31. The maximum Gasteiger partial charge on any atom is 0.305 e. The molecule has 0 amide bonds. The monoisotopic (exact) mass is 284 g/mol. The van der Waals surface area contributed by atoms with Crippen LogP contribution in [0.15, 0.2) is 24.3 Å². The molecule has 0 saturated carbocycles. The zero-order valence-corrected chi connectivity index (χ0v) is 12.4. The van der Waals surface area contributed by atoms with Gasteiger partial charge in [-0.05, 0) is 44.1 Å². The minimum absolute atomic E-state index is 0.315. The summed E-state index contributed by atoms with van der Waals surface area (Å²) in [4.78, 5) is 0. The van der Waals surface area contributed by atoms with Crippen LogP contribution in [0.3, 0.4) is 0 Å². The fraction of sp³-hybridized carbons (Fsp3) is 0.429. The number of hydrogen-bond acceptors (Lipinski definition) is 3. The van der Waals surface area contributed by atoms with Crippen LogP contribution in [0.1, 0.15) is 32.2 Å². The lowest BCUT2D eigenvalue weighted by molar-refractivity contribution is 0.229. The van der Waals surface area contributed by atoms with Gasteiger partial charge in [0, 0.05) is 12.5 Å². The van der Waals surface area contributed by atoms with Crippen LogP contribution in [0.2, 0.25) is 0 Å². The maximum atomic E-state index is 12.8. The number of aliphatic hydroxyl groups excluding tert-OH is 1. The highest BCUT2D eigenvalue weighted by molar-refractivity contribution is 7.64. The average molecular weight is 284 g/mol. The highest BCUT2D eigenvalue weighted by atomic mass is 31.2. The molecule has 2 unspecified atom stereocenters. The van der Waals surface area contributed by atoms with Crippen LogP contribution in [0.4, 0.5) is 4.39 Å². The predicted molar refractivity (Wildman–Crippen MR) is 73.2 cm³/mol. The van der Waals surface area contributed by atoms with E-state index < -0.39 is 19.0 Å². The van der Waals surface area contributed by atoms with E-state index in [2.05, 4.69) is 11.6 Å². The number of halogens is 1. The van der Waals surface area contributed by atoms with Crippen molar-refractivity contribution in [3.63, 3.8) is 0 Å². The molecule has 1 aromatic rings. The Hall–Kier alpha value is -1.14. The van der Waals surface area contributed by atoms with Crippen molar-refractivity contribution in [3.8, 4) is 11.6 Å². The van der Waals surface area contributed by atoms with Crippen LogP contribution >= 0.6 is 7.37 Å². The molecule has 1 aromatic carbocycles. The summed E-state index contributed by atoms with van der Waals surface area (Å²) in [5.41, 5.74) is 2.50. The van der Waals surface area contributed by atoms with E-state index in [-0.39, 0.29) is 5.41 Å². The second-order valence-electron chi connectivity index (χ2n) is 5.19. The van der Waals surface area contributed by atoms with Gasteiger partial charge in [-0.15, -0.1) is 0 Å². The highest BCUT2D eigenvalue weighted by Gasteiger charge is 2.31. The van der Waals surface area contributed by atoms with Gasteiger partial charge in [0.15, 0.2) is 5.85 Å². The van der Waals surface area contributed by atoms with Crippen molar-refractivity contribution in [3.05, 3.63) is 35.6 Å². The van der Waals surface area contributed by atoms with E-state index in [9.17, 15) is 14.1 Å². The van der Waals surface area contributed by atoms with Crippen molar-refractivity contribution in [1.82, 2.24) is 0 Å². The number of benzene rings is 1. The third-order valence-electron chi connectivity index (χ3n) is 2.35. The first kappa shape index (κ1) is 15.9. The Balaban J connectivity index is 3.11. The first-order chi connectivity index (χ1) is 8.68. The van der Waals surface area contributed by atoms with E-state index in [1.807, 2.05) is 20.8 Å². The van der Waals surface area contributed by atoms with Crippen molar-refractivity contribution in [1.29, 1.82) is 0 Å². The van der Waals surface area contributed by atoms with Gasteiger partial charge in [0.05, 0.1) is 0 Å². The van der Waals surface area contributed by atoms with Crippen LogP contribution in [0.25, 0.3) is 0 Å². The van der Waals surface area contributed by atoms with Gasteiger partial charge in [-0.25, -0.2) is 4.39 Å². The molecule has 3 nitrogen and oxygen atoms in total. The first-order valence-electron chi connectivity index (χ1n) is 5.81. The summed E-state index contributed by atoms with van der Waals surface area (Å²) in [6, 6.07) is 5.11. The normalized spacial score (nSPS) is 16.1. The molecule has 0 aliphatic heterocycles. The van der Waals surface area contributed by atoms with Gasteiger partial charge in [-0.2, -0.15) is 0 Å². The third-order valence-corrected chi connectivity index (χ3v) is 4.26. The number of aliphatic hydroxyl groups is 1. The van der Waals surface area contributed by atoms with Crippen LogP contribution in [-0.4, -0.2) is 12.2 Å². The van der Waals surface area contributed by atoms with E-state index >= 15 is 0 Å². The molecular weight excluding hydrogens is 266 g/mol. The van der Waals surface area contributed by atoms with Gasteiger partial charge in [-0.3, -0.25) is 4.57 Å². The Morgan fingerprint density at radius 1 is 1.32 bits per heavy atom. The second-order valence-corrected chi connectivity index (χ2v) is 7.46.